The first kappa shape index (κ1) is 31.5. The minimum Gasteiger partial charge on any atom is -0.466 e. The second-order valence-electron chi connectivity index (χ2n) is 8.73. The Balaban J connectivity index is 3.23. The van der Waals surface area contributed by atoms with Gasteiger partial charge >= 0.3 is 23.9 Å². The molecule has 206 valence electrons. The molecule has 0 saturated carbocycles. The highest BCUT2D eigenvalue weighted by Gasteiger charge is 2.45. The summed E-state index contributed by atoms with van der Waals surface area (Å²) in [6.45, 7) is 8.99. The lowest BCUT2D eigenvalue weighted by Gasteiger charge is -2.37. The topological polar surface area (TPSA) is 121 Å². The molecule has 0 saturated heterocycles. The number of rotatable bonds is 18. The molecule has 0 aromatic rings. The number of nitrogens with zero attached hydrogens (tertiary/aromatic N) is 2. The molecular weight excluding hydrogens is 468 g/mol. The van der Waals surface area contributed by atoms with Crippen LogP contribution in [0.1, 0.15) is 85.5 Å². The Morgan fingerprint density at radius 3 is 1.92 bits per heavy atom. The number of unbranched alkanes of at least 4 members (excludes halogenated alkanes) is 4. The van der Waals surface area contributed by atoms with Gasteiger partial charge in [-0.3, -0.25) is 19.5 Å². The van der Waals surface area contributed by atoms with Crippen molar-refractivity contribution in [3.05, 3.63) is 0 Å². The van der Waals surface area contributed by atoms with E-state index in [0.717, 1.165) is 25.7 Å². The average molecular weight is 513 g/mol. The lowest BCUT2D eigenvalue weighted by Crippen LogP contribution is -2.60. The maximum Gasteiger partial charge on any atom is 0.354 e. The summed E-state index contributed by atoms with van der Waals surface area (Å²) in [6.07, 6.45) is 5.71. The number of carbonyl (C=O) groups is 4. The molecule has 36 heavy (non-hydrogen) atoms. The van der Waals surface area contributed by atoms with Gasteiger partial charge in [-0.15, -0.1) is 0 Å². The van der Waals surface area contributed by atoms with Crippen LogP contribution in [-0.4, -0.2) is 86.1 Å². The van der Waals surface area contributed by atoms with Crippen LogP contribution < -0.4 is 0 Å². The first-order chi connectivity index (χ1) is 17.4. The standard InChI is InChI=1S/C26H44N2O8/c1-5-9-15-33-21(29)19-20(24(30)34-16-10-6-2)28-14-13-27-22(25(31)35-17-11-7-3)23(28)26(32)36-18-12-8-4/h20,23H,5-19H2,1-4H3/t20-,23-/m0/s1. The molecule has 0 N–H and O–H groups in total. The number of ether oxygens (including phenoxy) is 4. The summed E-state index contributed by atoms with van der Waals surface area (Å²) < 4.78 is 21.5. The summed E-state index contributed by atoms with van der Waals surface area (Å²) in [5.74, 6) is -2.66. The first-order valence-corrected chi connectivity index (χ1v) is 13.4. The van der Waals surface area contributed by atoms with E-state index in [4.69, 9.17) is 18.9 Å². The van der Waals surface area contributed by atoms with Gasteiger partial charge in [-0.25, -0.2) is 9.59 Å². The summed E-state index contributed by atoms with van der Waals surface area (Å²) in [6, 6.07) is -2.41. The number of aliphatic imine (C=N–C) groups is 1. The molecule has 1 aliphatic heterocycles. The Morgan fingerprint density at radius 2 is 1.33 bits per heavy atom. The van der Waals surface area contributed by atoms with Crippen molar-refractivity contribution >= 4 is 29.6 Å². The largest absolute Gasteiger partial charge is 0.466 e. The second kappa shape index (κ2) is 18.7. The van der Waals surface area contributed by atoms with Crippen LogP contribution in [0, 0.1) is 0 Å². The number of esters is 4. The highest BCUT2D eigenvalue weighted by atomic mass is 16.6. The monoisotopic (exact) mass is 512 g/mol. The Bertz CT molecular complexity index is 725. The summed E-state index contributed by atoms with van der Waals surface area (Å²) in [5, 5.41) is 0. The molecule has 0 unspecified atom stereocenters. The number of carbonyl (C=O) groups excluding carboxylic acids is 4. The van der Waals surface area contributed by atoms with Crippen LogP contribution in [0.15, 0.2) is 4.99 Å². The SMILES string of the molecule is CCCCOC(=O)C[C@@H](C(=O)OCCCC)N1CCN=C(C(=O)OCCCC)[C@H]1C(=O)OCCCC. The Labute approximate surface area is 215 Å². The predicted octanol–water partition coefficient (Wildman–Crippen LogP) is 3.24. The van der Waals surface area contributed by atoms with Crippen molar-refractivity contribution in [2.24, 2.45) is 4.99 Å². The van der Waals surface area contributed by atoms with Gasteiger partial charge in [0.05, 0.1) is 39.4 Å². The molecule has 10 heteroatoms. The van der Waals surface area contributed by atoms with Crippen LogP contribution >= 0.6 is 0 Å². The van der Waals surface area contributed by atoms with Crippen molar-refractivity contribution in [1.29, 1.82) is 0 Å². The maximum atomic E-state index is 13.2. The van der Waals surface area contributed by atoms with Crippen molar-refractivity contribution in [3.63, 3.8) is 0 Å². The van der Waals surface area contributed by atoms with Crippen LogP contribution in [0.25, 0.3) is 0 Å². The molecule has 0 fully saturated rings. The Kier molecular flexibility index (Phi) is 16.4. The van der Waals surface area contributed by atoms with E-state index < -0.39 is 36.0 Å². The molecule has 1 rings (SSSR count). The van der Waals surface area contributed by atoms with Crippen LogP contribution in [-0.2, 0) is 38.1 Å². The fourth-order valence-corrected chi connectivity index (χ4v) is 3.49. The van der Waals surface area contributed by atoms with Crippen LogP contribution in [0.2, 0.25) is 0 Å². The van der Waals surface area contributed by atoms with Gasteiger partial charge in [0.15, 0.2) is 6.04 Å². The third-order valence-corrected chi connectivity index (χ3v) is 5.67. The molecule has 0 aromatic heterocycles. The third-order valence-electron chi connectivity index (χ3n) is 5.67. The minimum absolute atomic E-state index is 0.121. The van der Waals surface area contributed by atoms with Gasteiger partial charge in [0.25, 0.3) is 0 Å². The summed E-state index contributed by atoms with van der Waals surface area (Å²) in [5.41, 5.74) is -0.121. The highest BCUT2D eigenvalue weighted by molar-refractivity contribution is 6.42. The van der Waals surface area contributed by atoms with Gasteiger partial charge in [-0.1, -0.05) is 53.4 Å². The number of hydrogen-bond donors (Lipinski definition) is 0. The third kappa shape index (κ3) is 11.1. The van der Waals surface area contributed by atoms with Crippen LogP contribution in [0.4, 0.5) is 0 Å². The molecule has 2 atom stereocenters. The molecule has 1 aliphatic rings. The molecule has 0 spiro atoms. The second-order valence-corrected chi connectivity index (χ2v) is 8.73. The van der Waals surface area contributed by atoms with Crippen LogP contribution in [0.3, 0.4) is 0 Å². The summed E-state index contributed by atoms with van der Waals surface area (Å²) in [7, 11) is 0. The molecule has 10 nitrogen and oxygen atoms in total. The molecule has 1 heterocycles. The summed E-state index contributed by atoms with van der Waals surface area (Å²) >= 11 is 0. The van der Waals surface area contributed by atoms with Crippen molar-refractivity contribution in [1.82, 2.24) is 4.90 Å². The van der Waals surface area contributed by atoms with E-state index in [2.05, 4.69) is 4.99 Å². The first-order valence-electron chi connectivity index (χ1n) is 13.4. The van der Waals surface area contributed by atoms with Crippen molar-refractivity contribution in [2.45, 2.75) is 97.6 Å². The van der Waals surface area contributed by atoms with Gasteiger partial charge in [0, 0.05) is 6.54 Å². The molecule has 0 aliphatic carbocycles. The molecule has 0 radical (unpaired) electrons. The Morgan fingerprint density at radius 1 is 0.806 bits per heavy atom. The molecule has 0 amide bonds. The zero-order chi connectivity index (χ0) is 26.8. The fourth-order valence-electron chi connectivity index (χ4n) is 3.49. The van der Waals surface area contributed by atoms with E-state index in [1.165, 1.54) is 4.90 Å². The quantitative estimate of drug-likeness (QED) is 0.155. The molecule has 0 bridgehead atoms. The maximum absolute atomic E-state index is 13.2. The van der Waals surface area contributed by atoms with Gasteiger partial charge < -0.3 is 18.9 Å². The fraction of sp³-hybridized carbons (Fsp3) is 0.808. The van der Waals surface area contributed by atoms with E-state index in [-0.39, 0.29) is 51.6 Å². The Hall–Kier alpha value is -2.49. The van der Waals surface area contributed by atoms with Gasteiger partial charge in [-0.05, 0) is 25.7 Å². The van der Waals surface area contributed by atoms with E-state index in [9.17, 15) is 19.2 Å². The van der Waals surface area contributed by atoms with Gasteiger partial charge in [-0.2, -0.15) is 0 Å². The zero-order valence-corrected chi connectivity index (χ0v) is 22.4. The van der Waals surface area contributed by atoms with E-state index in [1.54, 1.807) is 0 Å². The predicted molar refractivity (Wildman–Crippen MR) is 135 cm³/mol. The molecule has 0 aromatic carbocycles. The lowest BCUT2D eigenvalue weighted by atomic mass is 10.0. The smallest absolute Gasteiger partial charge is 0.354 e. The van der Waals surface area contributed by atoms with E-state index >= 15 is 0 Å². The lowest BCUT2D eigenvalue weighted by molar-refractivity contribution is -0.161. The van der Waals surface area contributed by atoms with E-state index in [0.29, 0.717) is 25.7 Å². The minimum atomic E-state index is -1.28. The average Bonchev–Trinajstić information content (AvgIpc) is 2.87. The molecular formula is C26H44N2O8. The van der Waals surface area contributed by atoms with Gasteiger partial charge in [0.1, 0.15) is 11.8 Å². The number of hydrogen-bond acceptors (Lipinski definition) is 10. The van der Waals surface area contributed by atoms with E-state index in [1.807, 2.05) is 27.7 Å². The zero-order valence-electron chi connectivity index (χ0n) is 22.4. The highest BCUT2D eigenvalue weighted by Crippen LogP contribution is 2.20. The summed E-state index contributed by atoms with van der Waals surface area (Å²) in [4.78, 5) is 57.5. The van der Waals surface area contributed by atoms with Crippen molar-refractivity contribution in [2.75, 3.05) is 39.5 Å². The van der Waals surface area contributed by atoms with Crippen LogP contribution in [0.5, 0.6) is 0 Å². The van der Waals surface area contributed by atoms with Crippen molar-refractivity contribution in [3.8, 4) is 0 Å². The normalized spacial score (nSPS) is 16.6. The van der Waals surface area contributed by atoms with Crippen molar-refractivity contribution < 1.29 is 38.1 Å². The van der Waals surface area contributed by atoms with Gasteiger partial charge in [0.2, 0.25) is 0 Å².